The molecule has 57 heavy (non-hydrogen) atoms. The average Bonchev–Trinajstić information content (AvgIpc) is 3.30. The highest BCUT2D eigenvalue weighted by Crippen LogP contribution is 2.42. The molecule has 10 aromatic carbocycles. The fraction of sp³-hybridized carbons (Fsp3) is 0. The predicted octanol–water partition coefficient (Wildman–Crippen LogP) is 15.8. The van der Waals surface area contributed by atoms with Crippen molar-refractivity contribution in [2.75, 3.05) is 4.90 Å². The van der Waals surface area contributed by atoms with Crippen LogP contribution in [-0.4, -0.2) is 0 Å². The van der Waals surface area contributed by atoms with Gasteiger partial charge in [-0.1, -0.05) is 182 Å². The Balaban J connectivity index is 1.09. The topological polar surface area (TPSA) is 3.24 Å². The minimum atomic E-state index is 1.09. The first-order valence-electron chi connectivity index (χ1n) is 19.6. The molecule has 0 fully saturated rings. The fourth-order valence-corrected chi connectivity index (χ4v) is 8.07. The Morgan fingerprint density at radius 2 is 0.596 bits per heavy atom. The van der Waals surface area contributed by atoms with Crippen LogP contribution in [0.4, 0.5) is 17.1 Å². The first-order valence-corrected chi connectivity index (χ1v) is 19.6. The van der Waals surface area contributed by atoms with E-state index in [1.54, 1.807) is 0 Å². The molecule has 268 valence electrons. The van der Waals surface area contributed by atoms with Crippen molar-refractivity contribution in [1.29, 1.82) is 0 Å². The second-order valence-electron chi connectivity index (χ2n) is 14.6. The Kier molecular flexibility index (Phi) is 8.95. The fourth-order valence-electron chi connectivity index (χ4n) is 8.07. The van der Waals surface area contributed by atoms with E-state index in [-0.39, 0.29) is 0 Å². The monoisotopic (exact) mass is 725 g/mol. The first-order chi connectivity index (χ1) is 28.2. The number of hydrogen-bond acceptors (Lipinski definition) is 1. The van der Waals surface area contributed by atoms with Crippen LogP contribution in [0.3, 0.4) is 0 Å². The van der Waals surface area contributed by atoms with Gasteiger partial charge in [-0.2, -0.15) is 0 Å². The Morgan fingerprint density at radius 3 is 1.16 bits per heavy atom. The Morgan fingerprint density at radius 1 is 0.193 bits per heavy atom. The average molecular weight is 726 g/mol. The summed E-state index contributed by atoms with van der Waals surface area (Å²) < 4.78 is 0. The van der Waals surface area contributed by atoms with Gasteiger partial charge in [0.05, 0.1) is 0 Å². The Bertz CT molecular complexity index is 2860. The van der Waals surface area contributed by atoms with Gasteiger partial charge in [0, 0.05) is 17.1 Å². The molecule has 0 aliphatic rings. The molecule has 0 saturated heterocycles. The minimum absolute atomic E-state index is 1.09. The summed E-state index contributed by atoms with van der Waals surface area (Å²) in [5.41, 5.74) is 15.2. The quantitative estimate of drug-likeness (QED) is 0.151. The molecule has 10 aromatic rings. The molecule has 0 atom stereocenters. The second kappa shape index (κ2) is 15.0. The number of benzene rings is 10. The summed E-state index contributed by atoms with van der Waals surface area (Å²) in [5.74, 6) is 0. The summed E-state index contributed by atoms with van der Waals surface area (Å²) in [4.78, 5) is 2.38. The van der Waals surface area contributed by atoms with Crippen molar-refractivity contribution in [3.8, 4) is 55.6 Å². The van der Waals surface area contributed by atoms with E-state index in [0.717, 1.165) is 17.1 Å². The van der Waals surface area contributed by atoms with E-state index in [9.17, 15) is 0 Å². The number of fused-ring (bicyclic) bond motifs is 2. The van der Waals surface area contributed by atoms with Gasteiger partial charge in [-0.25, -0.2) is 0 Å². The molecule has 1 heteroatoms. The third-order valence-corrected chi connectivity index (χ3v) is 11.0. The zero-order valence-electron chi connectivity index (χ0n) is 31.5. The molecule has 0 aromatic heterocycles. The predicted molar refractivity (Wildman–Crippen MR) is 243 cm³/mol. The van der Waals surface area contributed by atoms with Crippen LogP contribution in [0.5, 0.6) is 0 Å². The molecule has 0 radical (unpaired) electrons. The smallest absolute Gasteiger partial charge is 0.0468 e. The van der Waals surface area contributed by atoms with Gasteiger partial charge in [-0.05, 0) is 132 Å². The van der Waals surface area contributed by atoms with Crippen LogP contribution in [0.1, 0.15) is 0 Å². The van der Waals surface area contributed by atoms with Crippen LogP contribution >= 0.6 is 0 Å². The number of nitrogens with zero attached hydrogens (tertiary/aromatic N) is 1. The van der Waals surface area contributed by atoms with Crippen molar-refractivity contribution < 1.29 is 0 Å². The van der Waals surface area contributed by atoms with Gasteiger partial charge in [0.15, 0.2) is 0 Å². The van der Waals surface area contributed by atoms with Gasteiger partial charge >= 0.3 is 0 Å². The van der Waals surface area contributed by atoms with Crippen molar-refractivity contribution in [3.05, 3.63) is 237 Å². The molecule has 10 rings (SSSR count). The molecule has 0 N–H and O–H groups in total. The highest BCUT2D eigenvalue weighted by molar-refractivity contribution is 5.92. The number of rotatable bonds is 8. The van der Waals surface area contributed by atoms with E-state index in [1.807, 2.05) is 0 Å². The Labute approximate surface area is 334 Å². The van der Waals surface area contributed by atoms with E-state index < -0.39 is 0 Å². The first kappa shape index (κ1) is 34.0. The van der Waals surface area contributed by atoms with Gasteiger partial charge in [0.25, 0.3) is 0 Å². The highest BCUT2D eigenvalue weighted by Gasteiger charge is 2.17. The molecular weight excluding hydrogens is 687 g/mol. The minimum Gasteiger partial charge on any atom is -0.310 e. The normalized spacial score (nSPS) is 11.2. The van der Waals surface area contributed by atoms with E-state index in [2.05, 4.69) is 241 Å². The van der Waals surface area contributed by atoms with Crippen LogP contribution in [0, 0.1) is 0 Å². The number of hydrogen-bond donors (Lipinski definition) is 0. The molecule has 0 unspecified atom stereocenters. The largest absolute Gasteiger partial charge is 0.310 e. The molecule has 0 saturated carbocycles. The summed E-state index contributed by atoms with van der Waals surface area (Å²) in [6, 6.07) is 85.7. The summed E-state index contributed by atoms with van der Waals surface area (Å²) >= 11 is 0. The zero-order chi connectivity index (χ0) is 38.0. The van der Waals surface area contributed by atoms with Crippen LogP contribution in [0.2, 0.25) is 0 Å². The van der Waals surface area contributed by atoms with E-state index >= 15 is 0 Å². The number of anilines is 3. The van der Waals surface area contributed by atoms with E-state index in [4.69, 9.17) is 0 Å². The van der Waals surface area contributed by atoms with Crippen LogP contribution in [0.15, 0.2) is 237 Å². The third kappa shape index (κ3) is 6.88. The molecule has 0 bridgehead atoms. The van der Waals surface area contributed by atoms with Crippen molar-refractivity contribution >= 4 is 38.6 Å². The van der Waals surface area contributed by atoms with Crippen LogP contribution < -0.4 is 4.90 Å². The molecule has 1 nitrogen and oxygen atoms in total. The van der Waals surface area contributed by atoms with Gasteiger partial charge < -0.3 is 4.90 Å². The third-order valence-electron chi connectivity index (χ3n) is 11.0. The SMILES string of the molecule is c1ccc(-c2cccc(-c3ccc(N(c4ccc(-c5ccc6ccccc6c5)cc4)c4ccc(-c5ccc6ccccc6c5)cc4)cc3-c3ccccc3)c2)cc1. The Hall–Kier alpha value is -7.48. The van der Waals surface area contributed by atoms with Crippen LogP contribution in [0.25, 0.3) is 77.2 Å². The van der Waals surface area contributed by atoms with Gasteiger partial charge in [0.1, 0.15) is 0 Å². The lowest BCUT2D eigenvalue weighted by Crippen LogP contribution is -2.10. The second-order valence-corrected chi connectivity index (χ2v) is 14.6. The van der Waals surface area contributed by atoms with Crippen LogP contribution in [-0.2, 0) is 0 Å². The van der Waals surface area contributed by atoms with E-state index in [1.165, 1.54) is 77.2 Å². The van der Waals surface area contributed by atoms with Gasteiger partial charge in [-0.3, -0.25) is 0 Å². The maximum atomic E-state index is 2.38. The van der Waals surface area contributed by atoms with Gasteiger partial charge in [-0.15, -0.1) is 0 Å². The maximum Gasteiger partial charge on any atom is 0.0468 e. The van der Waals surface area contributed by atoms with Gasteiger partial charge in [0.2, 0.25) is 0 Å². The van der Waals surface area contributed by atoms with Crippen molar-refractivity contribution in [2.24, 2.45) is 0 Å². The molecule has 0 aliphatic carbocycles. The van der Waals surface area contributed by atoms with Crippen molar-refractivity contribution in [3.63, 3.8) is 0 Å². The van der Waals surface area contributed by atoms with Crippen molar-refractivity contribution in [1.82, 2.24) is 0 Å². The molecule has 0 amide bonds. The van der Waals surface area contributed by atoms with E-state index in [0.29, 0.717) is 0 Å². The zero-order valence-corrected chi connectivity index (χ0v) is 31.5. The van der Waals surface area contributed by atoms with Crippen molar-refractivity contribution in [2.45, 2.75) is 0 Å². The summed E-state index contributed by atoms with van der Waals surface area (Å²) in [6.07, 6.45) is 0. The summed E-state index contributed by atoms with van der Waals surface area (Å²) in [5, 5.41) is 4.99. The standard InChI is InChI=1S/C56H39N/c1-3-12-40(13-4-1)48-20-11-21-51(38-48)55-35-34-54(39-56(55)45-16-5-2-6-17-45)57(52-30-26-43(27-31-52)49-24-22-41-14-7-9-18-46(41)36-49)53-32-28-44(29-33-53)50-25-23-42-15-8-10-19-47(42)37-50/h1-39H. The molecule has 0 spiro atoms. The lowest BCUT2D eigenvalue weighted by Gasteiger charge is -2.27. The summed E-state index contributed by atoms with van der Waals surface area (Å²) in [7, 11) is 0. The maximum absolute atomic E-state index is 2.38. The lowest BCUT2D eigenvalue weighted by atomic mass is 9.92. The molecule has 0 aliphatic heterocycles. The molecular formula is C56H39N. The lowest BCUT2D eigenvalue weighted by molar-refractivity contribution is 1.28. The molecule has 0 heterocycles. The summed E-state index contributed by atoms with van der Waals surface area (Å²) in [6.45, 7) is 0. The highest BCUT2D eigenvalue weighted by atomic mass is 15.1.